The van der Waals surface area contributed by atoms with Gasteiger partial charge in [-0.05, 0) is 30.0 Å². The zero-order chi connectivity index (χ0) is 18.7. The molecule has 3 rings (SSSR count). The first-order chi connectivity index (χ1) is 12.4. The lowest BCUT2D eigenvalue weighted by molar-refractivity contribution is -0.128. The lowest BCUT2D eigenvalue weighted by atomic mass is 10.0. The Balaban J connectivity index is 1.65. The van der Waals surface area contributed by atoms with E-state index in [2.05, 4.69) is 19.2 Å². The number of aryl methyl sites for hydroxylation is 1. The van der Waals surface area contributed by atoms with Gasteiger partial charge in [-0.2, -0.15) is 0 Å². The molecule has 0 radical (unpaired) electrons. The molecule has 2 amide bonds. The van der Waals surface area contributed by atoms with Crippen molar-refractivity contribution in [1.29, 1.82) is 0 Å². The van der Waals surface area contributed by atoms with Gasteiger partial charge in [0, 0.05) is 25.2 Å². The van der Waals surface area contributed by atoms with Crippen molar-refractivity contribution >= 4 is 17.5 Å². The summed E-state index contributed by atoms with van der Waals surface area (Å²) >= 11 is 0. The molecule has 26 heavy (non-hydrogen) atoms. The van der Waals surface area contributed by atoms with Crippen LogP contribution in [0.25, 0.3) is 0 Å². The maximum absolute atomic E-state index is 12.7. The molecule has 1 aliphatic rings. The highest BCUT2D eigenvalue weighted by atomic mass is 16.2. The van der Waals surface area contributed by atoms with Crippen LogP contribution in [-0.2, 0) is 16.1 Å². The van der Waals surface area contributed by atoms with Crippen LogP contribution in [0, 0.1) is 12.8 Å². The summed E-state index contributed by atoms with van der Waals surface area (Å²) in [4.78, 5) is 26.8. The molecule has 1 N–H and O–H groups in total. The normalized spacial score (nSPS) is 17.0. The minimum absolute atomic E-state index is 0.0443. The van der Waals surface area contributed by atoms with Gasteiger partial charge < -0.3 is 10.2 Å². The molecule has 0 spiro atoms. The van der Waals surface area contributed by atoms with Crippen molar-refractivity contribution in [2.24, 2.45) is 5.92 Å². The van der Waals surface area contributed by atoms with Crippen LogP contribution >= 0.6 is 0 Å². The highest BCUT2D eigenvalue weighted by molar-refractivity contribution is 5.97. The highest BCUT2D eigenvalue weighted by Crippen LogP contribution is 2.26. The van der Waals surface area contributed by atoms with Crippen molar-refractivity contribution in [2.45, 2.75) is 39.7 Å². The largest absolute Gasteiger partial charge is 0.338 e. The van der Waals surface area contributed by atoms with Gasteiger partial charge in [-0.15, -0.1) is 0 Å². The summed E-state index contributed by atoms with van der Waals surface area (Å²) in [5, 5.41) is 3.03. The van der Waals surface area contributed by atoms with Gasteiger partial charge in [0.05, 0.1) is 5.92 Å². The first kappa shape index (κ1) is 18.2. The molecule has 2 aromatic carbocycles. The van der Waals surface area contributed by atoms with Gasteiger partial charge in [0.25, 0.3) is 0 Å². The van der Waals surface area contributed by atoms with Crippen molar-refractivity contribution in [2.75, 3.05) is 11.9 Å². The van der Waals surface area contributed by atoms with Crippen LogP contribution in [0.2, 0.25) is 0 Å². The Kier molecular flexibility index (Phi) is 5.40. The first-order valence-electron chi connectivity index (χ1n) is 9.17. The Morgan fingerprint density at radius 2 is 1.85 bits per heavy atom. The fraction of sp³-hybridized carbons (Fsp3) is 0.364. The van der Waals surface area contributed by atoms with Crippen LogP contribution in [0.3, 0.4) is 0 Å². The highest BCUT2D eigenvalue weighted by Gasteiger charge is 2.34. The molecular weight excluding hydrogens is 324 g/mol. The number of para-hydroxylation sites is 1. The molecule has 1 fully saturated rings. The summed E-state index contributed by atoms with van der Waals surface area (Å²) in [7, 11) is 0. The molecule has 0 unspecified atom stereocenters. The molecule has 0 bridgehead atoms. The lowest BCUT2D eigenvalue weighted by Gasteiger charge is -2.18. The van der Waals surface area contributed by atoms with E-state index in [1.807, 2.05) is 55.5 Å². The molecule has 2 aromatic rings. The number of carbonyl (C=O) groups is 2. The zero-order valence-corrected chi connectivity index (χ0v) is 15.7. The van der Waals surface area contributed by atoms with Crippen LogP contribution in [0.15, 0.2) is 48.5 Å². The number of nitrogens with zero attached hydrogens (tertiary/aromatic N) is 1. The second-order valence-corrected chi connectivity index (χ2v) is 7.39. The summed E-state index contributed by atoms with van der Waals surface area (Å²) in [5.74, 6) is 0.00337. The topological polar surface area (TPSA) is 49.4 Å². The molecule has 1 saturated heterocycles. The van der Waals surface area contributed by atoms with E-state index in [-0.39, 0.29) is 24.2 Å². The van der Waals surface area contributed by atoms with Crippen LogP contribution in [0.5, 0.6) is 0 Å². The van der Waals surface area contributed by atoms with Gasteiger partial charge in [0.1, 0.15) is 0 Å². The van der Waals surface area contributed by atoms with E-state index < -0.39 is 0 Å². The Labute approximate surface area is 155 Å². The molecule has 1 heterocycles. The van der Waals surface area contributed by atoms with E-state index in [1.165, 1.54) is 5.56 Å². The average molecular weight is 350 g/mol. The third-order valence-corrected chi connectivity index (χ3v) is 4.92. The summed E-state index contributed by atoms with van der Waals surface area (Å²) in [5.41, 5.74) is 4.25. The summed E-state index contributed by atoms with van der Waals surface area (Å²) in [6.07, 6.45) is 0.279. The van der Waals surface area contributed by atoms with Crippen LogP contribution in [-0.4, -0.2) is 23.3 Å². The van der Waals surface area contributed by atoms with E-state index in [1.54, 1.807) is 4.90 Å². The van der Waals surface area contributed by atoms with Crippen molar-refractivity contribution in [3.05, 3.63) is 65.2 Å². The van der Waals surface area contributed by atoms with Gasteiger partial charge in [0.15, 0.2) is 0 Å². The smallest absolute Gasteiger partial charge is 0.229 e. The first-order valence-corrected chi connectivity index (χ1v) is 9.17. The van der Waals surface area contributed by atoms with Gasteiger partial charge in [-0.25, -0.2) is 0 Å². The number of anilines is 1. The molecule has 4 nitrogen and oxygen atoms in total. The van der Waals surface area contributed by atoms with Crippen LogP contribution in [0.1, 0.15) is 42.9 Å². The van der Waals surface area contributed by atoms with Gasteiger partial charge in [-0.1, -0.05) is 61.9 Å². The molecule has 0 aromatic heterocycles. The third-order valence-electron chi connectivity index (χ3n) is 4.92. The van der Waals surface area contributed by atoms with Crippen molar-refractivity contribution in [3.8, 4) is 0 Å². The molecule has 0 aliphatic carbocycles. The average Bonchev–Trinajstić information content (AvgIpc) is 2.98. The van der Waals surface area contributed by atoms with Crippen molar-refractivity contribution in [1.82, 2.24) is 4.90 Å². The number of carbonyl (C=O) groups excluding carboxylic acids is 2. The van der Waals surface area contributed by atoms with Crippen molar-refractivity contribution in [3.63, 3.8) is 0 Å². The Morgan fingerprint density at radius 1 is 1.15 bits per heavy atom. The van der Waals surface area contributed by atoms with Crippen LogP contribution in [0.4, 0.5) is 5.69 Å². The van der Waals surface area contributed by atoms with E-state index in [0.29, 0.717) is 19.0 Å². The summed E-state index contributed by atoms with van der Waals surface area (Å²) in [6, 6.07) is 16.0. The van der Waals surface area contributed by atoms with Crippen molar-refractivity contribution < 1.29 is 9.59 Å². The standard InChI is InChI=1S/C22H26N2O2/c1-15(2)19-6-4-5-7-20(19)23-22(26)18-12-21(25)24(14-18)13-17-10-8-16(3)9-11-17/h4-11,15,18H,12-14H2,1-3H3,(H,23,26)/t18-/m0/s1. The number of hydrogen-bond acceptors (Lipinski definition) is 2. The van der Waals surface area contributed by atoms with Gasteiger partial charge >= 0.3 is 0 Å². The molecule has 4 heteroatoms. The quantitative estimate of drug-likeness (QED) is 0.882. The molecular formula is C22H26N2O2. The minimum Gasteiger partial charge on any atom is -0.338 e. The molecule has 1 aliphatic heterocycles. The third kappa shape index (κ3) is 4.13. The maximum Gasteiger partial charge on any atom is 0.229 e. The number of hydrogen-bond donors (Lipinski definition) is 1. The van der Waals surface area contributed by atoms with Crippen LogP contribution < -0.4 is 5.32 Å². The Hall–Kier alpha value is -2.62. The fourth-order valence-corrected chi connectivity index (χ4v) is 3.36. The number of nitrogens with one attached hydrogen (secondary N) is 1. The second-order valence-electron chi connectivity index (χ2n) is 7.39. The van der Waals surface area contributed by atoms with E-state index in [4.69, 9.17) is 0 Å². The van der Waals surface area contributed by atoms with E-state index in [0.717, 1.165) is 16.8 Å². The predicted molar refractivity (Wildman–Crippen MR) is 104 cm³/mol. The second kappa shape index (κ2) is 7.73. The summed E-state index contributed by atoms with van der Waals surface area (Å²) in [6.45, 7) is 7.29. The Morgan fingerprint density at radius 3 is 2.54 bits per heavy atom. The molecule has 0 saturated carbocycles. The number of likely N-dealkylation sites (tertiary alicyclic amines) is 1. The lowest BCUT2D eigenvalue weighted by Crippen LogP contribution is -2.28. The number of benzene rings is 2. The minimum atomic E-state index is -0.298. The maximum atomic E-state index is 12.7. The fourth-order valence-electron chi connectivity index (χ4n) is 3.36. The SMILES string of the molecule is Cc1ccc(CN2C[C@@H](C(=O)Nc3ccccc3C(C)C)CC2=O)cc1. The Bertz CT molecular complexity index is 796. The van der Waals surface area contributed by atoms with Gasteiger partial charge in [0.2, 0.25) is 11.8 Å². The van der Waals surface area contributed by atoms with Gasteiger partial charge in [-0.3, -0.25) is 9.59 Å². The monoisotopic (exact) mass is 350 g/mol. The molecule has 1 atom stereocenters. The molecule has 136 valence electrons. The number of rotatable bonds is 5. The van der Waals surface area contributed by atoms with E-state index in [9.17, 15) is 9.59 Å². The van der Waals surface area contributed by atoms with E-state index >= 15 is 0 Å². The summed E-state index contributed by atoms with van der Waals surface area (Å²) < 4.78 is 0. The zero-order valence-electron chi connectivity index (χ0n) is 15.7. The number of amides is 2. The predicted octanol–water partition coefficient (Wildman–Crippen LogP) is 4.11.